The smallest absolute Gasteiger partial charge is 0.230 e. The first-order chi connectivity index (χ1) is 10.6. The van der Waals surface area contributed by atoms with Crippen LogP contribution in [0.2, 0.25) is 0 Å². The molecule has 6 nitrogen and oxygen atoms in total. The van der Waals surface area contributed by atoms with Crippen molar-refractivity contribution < 1.29 is 19.5 Å². The van der Waals surface area contributed by atoms with E-state index >= 15 is 0 Å². The summed E-state index contributed by atoms with van der Waals surface area (Å²) in [6.45, 7) is 0. The highest BCUT2D eigenvalue weighted by Crippen LogP contribution is 2.30. The number of aromatic nitrogens is 1. The van der Waals surface area contributed by atoms with Crippen LogP contribution in [0, 0.1) is 0 Å². The van der Waals surface area contributed by atoms with Gasteiger partial charge in [-0.05, 0) is 35.8 Å². The molecule has 1 aromatic heterocycles. The van der Waals surface area contributed by atoms with Crippen LogP contribution >= 0.6 is 21.6 Å². The molecule has 1 aliphatic heterocycles. The van der Waals surface area contributed by atoms with Crippen molar-refractivity contribution in [3.63, 3.8) is 0 Å². The summed E-state index contributed by atoms with van der Waals surface area (Å²) in [5, 5.41) is 12.1. The molecule has 0 spiro atoms. The average molecular weight is 339 g/mol. The fourth-order valence-corrected chi connectivity index (χ4v) is 4.12. The van der Waals surface area contributed by atoms with Crippen LogP contribution in [0.15, 0.2) is 29.4 Å². The summed E-state index contributed by atoms with van der Waals surface area (Å²) in [4.78, 5) is 39.4. The van der Waals surface area contributed by atoms with Gasteiger partial charge < -0.3 is 9.90 Å². The highest BCUT2D eigenvalue weighted by Gasteiger charge is 2.35. The van der Waals surface area contributed by atoms with Gasteiger partial charge in [0.15, 0.2) is 0 Å². The number of carbonyl (C=O) groups excluding carboxylic acids is 3. The summed E-state index contributed by atoms with van der Waals surface area (Å²) in [7, 11) is 3.07. The minimum Gasteiger partial charge on any atom is -0.548 e. The maximum atomic E-state index is 11.6. The Kier molecular flexibility index (Phi) is 6.26. The number of carbonyl (C=O) groups is 3. The summed E-state index contributed by atoms with van der Waals surface area (Å²) < 4.78 is 0. The fraction of sp³-hybridized carbons (Fsp3) is 0.429. The van der Waals surface area contributed by atoms with Crippen molar-refractivity contribution in [1.82, 2.24) is 9.88 Å². The molecular formula is C14H15N2O4S2-. The second-order valence-corrected chi connectivity index (χ2v) is 7.14. The van der Waals surface area contributed by atoms with Crippen LogP contribution in [-0.2, 0) is 14.4 Å². The molecule has 2 amide bonds. The summed E-state index contributed by atoms with van der Waals surface area (Å²) in [5.74, 6) is -1.52. The van der Waals surface area contributed by atoms with Crippen LogP contribution in [0.1, 0.15) is 25.7 Å². The highest BCUT2D eigenvalue weighted by molar-refractivity contribution is 8.76. The average Bonchev–Trinajstić information content (AvgIpc) is 2.83. The van der Waals surface area contributed by atoms with Gasteiger partial charge in [-0.3, -0.25) is 14.5 Å². The van der Waals surface area contributed by atoms with E-state index in [1.54, 1.807) is 17.0 Å². The van der Waals surface area contributed by atoms with Crippen molar-refractivity contribution in [2.45, 2.75) is 36.8 Å². The first-order valence-corrected chi connectivity index (χ1v) is 9.17. The number of nitrogens with zero attached hydrogens (tertiary/aromatic N) is 2. The van der Waals surface area contributed by atoms with E-state index in [0.29, 0.717) is 12.2 Å². The third-order valence-electron chi connectivity index (χ3n) is 3.16. The third-order valence-corrected chi connectivity index (χ3v) is 5.51. The number of hydrogen-bond donors (Lipinski definition) is 0. The number of aliphatic carboxylic acids is 1. The van der Waals surface area contributed by atoms with Gasteiger partial charge in [-0.2, -0.15) is 0 Å². The van der Waals surface area contributed by atoms with E-state index in [0.717, 1.165) is 9.93 Å². The molecule has 1 saturated heterocycles. The lowest BCUT2D eigenvalue weighted by molar-refractivity contribution is -0.311. The molecule has 22 heavy (non-hydrogen) atoms. The first-order valence-electron chi connectivity index (χ1n) is 6.86. The predicted octanol–water partition coefficient (Wildman–Crippen LogP) is 0.870. The molecule has 0 aromatic carbocycles. The number of rotatable bonds is 8. The summed E-state index contributed by atoms with van der Waals surface area (Å²) >= 11 is 0. The van der Waals surface area contributed by atoms with Crippen LogP contribution in [-0.4, -0.2) is 39.5 Å². The van der Waals surface area contributed by atoms with Gasteiger partial charge in [-0.15, -0.1) is 0 Å². The normalized spacial score (nSPS) is 16.1. The number of pyridine rings is 1. The van der Waals surface area contributed by atoms with Gasteiger partial charge in [0.05, 0.1) is 12.0 Å². The summed E-state index contributed by atoms with van der Waals surface area (Å²) in [6, 6.07) is 4.47. The van der Waals surface area contributed by atoms with Crippen molar-refractivity contribution in [3.8, 4) is 0 Å². The van der Waals surface area contributed by atoms with E-state index in [4.69, 9.17) is 0 Å². The number of carboxylic acid groups (broad SMARTS) is 1. The van der Waals surface area contributed by atoms with Gasteiger partial charge in [0.1, 0.15) is 5.03 Å². The van der Waals surface area contributed by atoms with Crippen LogP contribution in [0.4, 0.5) is 0 Å². The minimum atomic E-state index is -1.37. The predicted molar refractivity (Wildman–Crippen MR) is 81.7 cm³/mol. The van der Waals surface area contributed by atoms with Crippen molar-refractivity contribution in [2.24, 2.45) is 0 Å². The standard InChI is InChI=1S/C14H16N2O4S2/c17-12-6-7-13(18)16(12)10(14(19)20)4-3-9-21-22-11-5-1-2-8-15-11/h1-2,5,8,10H,3-4,6-7,9H2,(H,19,20)/p-1. The second-order valence-electron chi connectivity index (χ2n) is 4.71. The highest BCUT2D eigenvalue weighted by atomic mass is 33.1. The third kappa shape index (κ3) is 4.48. The maximum Gasteiger partial charge on any atom is 0.230 e. The minimum absolute atomic E-state index is 0.0902. The van der Waals surface area contributed by atoms with Gasteiger partial charge in [-0.1, -0.05) is 16.9 Å². The van der Waals surface area contributed by atoms with Gasteiger partial charge in [0, 0.05) is 24.8 Å². The number of imide groups is 1. The summed E-state index contributed by atoms with van der Waals surface area (Å²) in [5.41, 5.74) is 0. The fourth-order valence-electron chi connectivity index (χ4n) is 2.13. The Labute approximate surface area is 136 Å². The molecule has 0 bridgehead atoms. The topological polar surface area (TPSA) is 90.4 Å². The van der Waals surface area contributed by atoms with Gasteiger partial charge in [0.25, 0.3) is 0 Å². The Hall–Kier alpha value is -1.54. The lowest BCUT2D eigenvalue weighted by Crippen LogP contribution is -2.50. The molecule has 0 saturated carbocycles. The lowest BCUT2D eigenvalue weighted by atomic mass is 10.1. The zero-order chi connectivity index (χ0) is 15.9. The van der Waals surface area contributed by atoms with E-state index in [1.807, 2.05) is 18.2 Å². The Bertz CT molecular complexity index is 537. The van der Waals surface area contributed by atoms with Crippen molar-refractivity contribution >= 4 is 39.4 Å². The largest absolute Gasteiger partial charge is 0.548 e. The molecule has 1 aromatic rings. The van der Waals surface area contributed by atoms with Crippen molar-refractivity contribution in [1.29, 1.82) is 0 Å². The quantitative estimate of drug-likeness (QED) is 0.394. The molecule has 118 valence electrons. The van der Waals surface area contributed by atoms with E-state index in [1.165, 1.54) is 10.8 Å². The van der Waals surface area contributed by atoms with Crippen molar-refractivity contribution in [3.05, 3.63) is 24.4 Å². The Balaban J connectivity index is 1.77. The van der Waals surface area contributed by atoms with E-state index < -0.39 is 23.8 Å². The first kappa shape index (κ1) is 16.8. The van der Waals surface area contributed by atoms with Crippen molar-refractivity contribution in [2.75, 3.05) is 5.75 Å². The lowest BCUT2D eigenvalue weighted by Gasteiger charge is -2.26. The van der Waals surface area contributed by atoms with E-state index in [9.17, 15) is 19.5 Å². The number of likely N-dealkylation sites (tertiary alicyclic amines) is 1. The molecule has 1 aliphatic rings. The number of amides is 2. The molecule has 2 heterocycles. The van der Waals surface area contributed by atoms with Crippen LogP contribution in [0.3, 0.4) is 0 Å². The zero-order valence-corrected chi connectivity index (χ0v) is 13.4. The molecule has 0 radical (unpaired) electrons. The Morgan fingerprint density at radius 1 is 1.32 bits per heavy atom. The molecule has 8 heteroatoms. The molecule has 1 atom stereocenters. The van der Waals surface area contributed by atoms with Crippen LogP contribution in [0.25, 0.3) is 0 Å². The molecule has 1 fully saturated rings. The van der Waals surface area contributed by atoms with Gasteiger partial charge >= 0.3 is 0 Å². The summed E-state index contributed by atoms with van der Waals surface area (Å²) in [6.07, 6.45) is 2.68. The maximum absolute atomic E-state index is 11.6. The van der Waals surface area contributed by atoms with Crippen LogP contribution in [0.5, 0.6) is 0 Å². The monoisotopic (exact) mass is 339 g/mol. The molecular weight excluding hydrogens is 324 g/mol. The SMILES string of the molecule is O=C([O-])C(CCCSSc1ccccn1)N1C(=O)CCC1=O. The Morgan fingerprint density at radius 2 is 2.05 bits per heavy atom. The molecule has 0 N–H and O–H groups in total. The zero-order valence-electron chi connectivity index (χ0n) is 11.8. The molecule has 0 aliphatic carbocycles. The number of carboxylic acids is 1. The molecule has 2 rings (SSSR count). The number of hydrogen-bond acceptors (Lipinski definition) is 7. The van der Waals surface area contributed by atoms with Gasteiger partial charge in [-0.25, -0.2) is 4.98 Å². The van der Waals surface area contributed by atoms with E-state index in [2.05, 4.69) is 4.98 Å². The van der Waals surface area contributed by atoms with Crippen LogP contribution < -0.4 is 5.11 Å². The Morgan fingerprint density at radius 3 is 2.64 bits per heavy atom. The van der Waals surface area contributed by atoms with E-state index in [-0.39, 0.29) is 19.3 Å². The molecule has 1 unspecified atom stereocenters. The second kappa shape index (κ2) is 8.19. The van der Waals surface area contributed by atoms with Gasteiger partial charge in [0.2, 0.25) is 11.8 Å².